The normalized spacial score (nSPS) is 10.6. The number of hydrogen-bond acceptors (Lipinski definition) is 4. The van der Waals surface area contributed by atoms with E-state index in [2.05, 4.69) is 26.2 Å². The van der Waals surface area contributed by atoms with Gasteiger partial charge in [0.05, 0.1) is 10.6 Å². The molecule has 0 radical (unpaired) electrons. The summed E-state index contributed by atoms with van der Waals surface area (Å²) in [5.74, 6) is 0.0788. The molecule has 0 saturated heterocycles. The van der Waals surface area contributed by atoms with Crippen LogP contribution in [0, 0.1) is 17.0 Å². The molecule has 2 rings (SSSR count). The number of halogens is 1. The maximum Gasteiger partial charge on any atom is 0.270 e. The van der Waals surface area contributed by atoms with Gasteiger partial charge in [-0.3, -0.25) is 14.9 Å². The molecular weight excluding hydrogens is 350 g/mol. The summed E-state index contributed by atoms with van der Waals surface area (Å²) in [7, 11) is 0. The van der Waals surface area contributed by atoms with Gasteiger partial charge in [-0.05, 0) is 46.6 Å². The van der Waals surface area contributed by atoms with Gasteiger partial charge in [0.2, 0.25) is 5.91 Å². The van der Waals surface area contributed by atoms with Gasteiger partial charge in [0, 0.05) is 22.7 Å². The Hall–Kier alpha value is -2.54. The van der Waals surface area contributed by atoms with Crippen molar-refractivity contribution in [2.24, 2.45) is 0 Å². The Morgan fingerprint density at radius 3 is 2.82 bits per heavy atom. The van der Waals surface area contributed by atoms with Crippen molar-refractivity contribution in [1.82, 2.24) is 4.98 Å². The van der Waals surface area contributed by atoms with Crippen molar-refractivity contribution in [3.05, 3.63) is 68.3 Å². The largest absolute Gasteiger partial charge is 0.307 e. The van der Waals surface area contributed by atoms with E-state index in [0.29, 0.717) is 11.4 Å². The standard InChI is InChI=1S/C15H12BrN3O3/c1-10-13(16)6-7-14(17-10)18-15(20)8-5-11-3-2-4-12(9-11)19(21)22/h2-9H,1H3,(H,17,18,20). The number of benzene rings is 1. The van der Waals surface area contributed by atoms with Crippen molar-refractivity contribution in [2.45, 2.75) is 6.92 Å². The number of anilines is 1. The lowest BCUT2D eigenvalue weighted by Gasteiger charge is -2.03. The van der Waals surface area contributed by atoms with E-state index in [4.69, 9.17) is 0 Å². The molecule has 1 amide bonds. The number of carbonyl (C=O) groups is 1. The van der Waals surface area contributed by atoms with Crippen LogP contribution in [-0.2, 0) is 4.79 Å². The Morgan fingerprint density at radius 2 is 2.14 bits per heavy atom. The highest BCUT2D eigenvalue weighted by Crippen LogP contribution is 2.16. The third kappa shape index (κ3) is 4.23. The third-order valence-corrected chi connectivity index (χ3v) is 3.62. The molecule has 0 atom stereocenters. The summed E-state index contributed by atoms with van der Waals surface area (Å²) in [6, 6.07) is 9.50. The molecule has 1 heterocycles. The molecule has 0 aliphatic carbocycles. The van der Waals surface area contributed by atoms with Gasteiger partial charge < -0.3 is 5.32 Å². The molecule has 22 heavy (non-hydrogen) atoms. The van der Waals surface area contributed by atoms with Gasteiger partial charge in [-0.2, -0.15) is 0 Å². The van der Waals surface area contributed by atoms with E-state index in [1.165, 1.54) is 24.3 Å². The van der Waals surface area contributed by atoms with E-state index in [1.807, 2.05) is 6.92 Å². The second kappa shape index (κ2) is 6.95. The van der Waals surface area contributed by atoms with Crippen molar-refractivity contribution in [3.63, 3.8) is 0 Å². The van der Waals surface area contributed by atoms with Crippen molar-refractivity contribution < 1.29 is 9.72 Å². The van der Waals surface area contributed by atoms with E-state index < -0.39 is 4.92 Å². The number of carbonyl (C=O) groups excluding carboxylic acids is 1. The average Bonchev–Trinajstić information content (AvgIpc) is 2.49. The average molecular weight is 362 g/mol. The fourth-order valence-corrected chi connectivity index (χ4v) is 1.92. The summed E-state index contributed by atoms with van der Waals surface area (Å²) in [5, 5.41) is 13.3. The summed E-state index contributed by atoms with van der Waals surface area (Å²) < 4.78 is 0.859. The highest BCUT2D eigenvalue weighted by molar-refractivity contribution is 9.10. The maximum atomic E-state index is 11.8. The van der Waals surface area contributed by atoms with Crippen LogP contribution >= 0.6 is 15.9 Å². The van der Waals surface area contributed by atoms with Gasteiger partial charge in [0.15, 0.2) is 0 Å². The first-order valence-electron chi connectivity index (χ1n) is 6.32. The molecular formula is C15H12BrN3O3. The Kier molecular flexibility index (Phi) is 5.00. The summed E-state index contributed by atoms with van der Waals surface area (Å²) >= 11 is 3.33. The number of pyridine rings is 1. The van der Waals surface area contributed by atoms with Crippen LogP contribution < -0.4 is 5.32 Å². The van der Waals surface area contributed by atoms with Crippen LogP contribution in [0.15, 0.2) is 46.9 Å². The minimum atomic E-state index is -0.480. The molecule has 0 saturated carbocycles. The number of nitrogens with zero attached hydrogens (tertiary/aromatic N) is 2. The number of nitro groups is 1. The molecule has 0 spiro atoms. The zero-order valence-corrected chi connectivity index (χ0v) is 13.2. The molecule has 6 nitrogen and oxygen atoms in total. The van der Waals surface area contributed by atoms with Gasteiger partial charge in [-0.25, -0.2) is 4.98 Å². The van der Waals surface area contributed by atoms with Crippen LogP contribution in [0.5, 0.6) is 0 Å². The van der Waals surface area contributed by atoms with E-state index >= 15 is 0 Å². The quantitative estimate of drug-likeness (QED) is 0.510. The molecule has 0 aliphatic rings. The lowest BCUT2D eigenvalue weighted by atomic mass is 10.2. The highest BCUT2D eigenvalue weighted by Gasteiger charge is 2.05. The van der Waals surface area contributed by atoms with Crippen molar-refractivity contribution in [1.29, 1.82) is 0 Å². The fraction of sp³-hybridized carbons (Fsp3) is 0.0667. The van der Waals surface area contributed by atoms with Gasteiger partial charge in [0.1, 0.15) is 5.82 Å². The third-order valence-electron chi connectivity index (χ3n) is 2.78. The predicted octanol–water partition coefficient (Wildman–Crippen LogP) is 3.71. The smallest absolute Gasteiger partial charge is 0.270 e. The van der Waals surface area contributed by atoms with Gasteiger partial charge in [-0.15, -0.1) is 0 Å². The van der Waals surface area contributed by atoms with Gasteiger partial charge >= 0.3 is 0 Å². The molecule has 0 bridgehead atoms. The summed E-state index contributed by atoms with van der Waals surface area (Å²) in [6.07, 6.45) is 2.81. The van der Waals surface area contributed by atoms with Crippen LogP contribution in [0.3, 0.4) is 0 Å². The zero-order chi connectivity index (χ0) is 16.1. The number of non-ortho nitro benzene ring substituents is 1. The van der Waals surface area contributed by atoms with Crippen LogP contribution in [0.25, 0.3) is 6.08 Å². The Balaban J connectivity index is 2.06. The summed E-state index contributed by atoms with van der Waals surface area (Å²) in [4.78, 5) is 26.2. The SMILES string of the molecule is Cc1nc(NC(=O)C=Cc2cccc([N+](=O)[O-])c2)ccc1Br. The van der Waals surface area contributed by atoms with E-state index in [1.54, 1.807) is 24.3 Å². The molecule has 1 N–H and O–H groups in total. The van der Waals surface area contributed by atoms with Crippen molar-refractivity contribution in [3.8, 4) is 0 Å². The highest BCUT2D eigenvalue weighted by atomic mass is 79.9. The van der Waals surface area contributed by atoms with Crippen LogP contribution in [0.4, 0.5) is 11.5 Å². The molecule has 0 aliphatic heterocycles. The Morgan fingerprint density at radius 1 is 1.36 bits per heavy atom. The number of aromatic nitrogens is 1. The molecule has 7 heteroatoms. The predicted molar refractivity (Wildman–Crippen MR) is 87.4 cm³/mol. The maximum absolute atomic E-state index is 11.8. The number of amides is 1. The zero-order valence-electron chi connectivity index (χ0n) is 11.6. The topological polar surface area (TPSA) is 85.1 Å². The van der Waals surface area contributed by atoms with Gasteiger partial charge in [0.25, 0.3) is 5.69 Å². The first-order valence-corrected chi connectivity index (χ1v) is 7.11. The molecule has 112 valence electrons. The summed E-state index contributed by atoms with van der Waals surface area (Å²) in [6.45, 7) is 1.82. The van der Waals surface area contributed by atoms with Crippen LogP contribution in [0.2, 0.25) is 0 Å². The van der Waals surface area contributed by atoms with E-state index in [9.17, 15) is 14.9 Å². The van der Waals surface area contributed by atoms with Crippen molar-refractivity contribution in [2.75, 3.05) is 5.32 Å². The van der Waals surface area contributed by atoms with Gasteiger partial charge in [-0.1, -0.05) is 12.1 Å². The number of nitrogens with one attached hydrogen (secondary N) is 1. The second-order valence-electron chi connectivity index (χ2n) is 4.44. The first-order chi connectivity index (χ1) is 10.5. The molecule has 1 aromatic heterocycles. The lowest BCUT2D eigenvalue weighted by Crippen LogP contribution is -2.09. The first kappa shape index (κ1) is 15.8. The minimum absolute atomic E-state index is 0.0206. The number of aryl methyl sites for hydroxylation is 1. The molecule has 2 aromatic rings. The number of hydrogen-bond donors (Lipinski definition) is 1. The Labute approximate surface area is 135 Å². The molecule has 0 unspecified atom stereocenters. The van der Waals surface area contributed by atoms with E-state index in [0.717, 1.165) is 10.2 Å². The minimum Gasteiger partial charge on any atom is -0.307 e. The van der Waals surface area contributed by atoms with E-state index in [-0.39, 0.29) is 11.6 Å². The van der Waals surface area contributed by atoms with Crippen molar-refractivity contribution >= 4 is 39.4 Å². The van der Waals surface area contributed by atoms with Crippen LogP contribution in [0.1, 0.15) is 11.3 Å². The second-order valence-corrected chi connectivity index (χ2v) is 5.29. The number of rotatable bonds is 4. The molecule has 1 aromatic carbocycles. The molecule has 0 fully saturated rings. The lowest BCUT2D eigenvalue weighted by molar-refractivity contribution is -0.384. The fourth-order valence-electron chi connectivity index (χ4n) is 1.70. The monoisotopic (exact) mass is 361 g/mol. The Bertz CT molecular complexity index is 759. The number of nitro benzene ring substituents is 1. The van der Waals surface area contributed by atoms with Crippen LogP contribution in [-0.4, -0.2) is 15.8 Å². The summed E-state index contributed by atoms with van der Waals surface area (Å²) in [5.41, 5.74) is 1.32.